The molecule has 1 atom stereocenters. The zero-order valence-corrected chi connectivity index (χ0v) is 21.9. The van der Waals surface area contributed by atoms with Gasteiger partial charge in [0.05, 0.1) is 39.0 Å². The minimum atomic E-state index is -0.846. The van der Waals surface area contributed by atoms with Crippen molar-refractivity contribution in [1.29, 1.82) is 0 Å². The average molecular weight is 523 g/mol. The lowest BCUT2D eigenvalue weighted by atomic mass is 9.94. The number of methoxy groups -OCH3 is 2. The molecule has 1 amide bonds. The number of Topliss-reactive ketones (excluding diaryl/α,β-unsaturated/α-hetero) is 1. The maximum Gasteiger partial charge on any atom is 0.295 e. The van der Waals surface area contributed by atoms with Gasteiger partial charge in [-0.3, -0.25) is 14.5 Å². The van der Waals surface area contributed by atoms with Crippen molar-refractivity contribution in [2.45, 2.75) is 12.5 Å². The van der Waals surface area contributed by atoms with Crippen molar-refractivity contribution >= 4 is 17.4 Å². The van der Waals surface area contributed by atoms with Crippen LogP contribution in [0.5, 0.6) is 17.2 Å². The Balaban J connectivity index is 1.72. The minimum absolute atomic E-state index is 0.00712. The first kappa shape index (κ1) is 27.2. The molecule has 1 unspecified atom stereocenters. The molecule has 202 valence electrons. The van der Waals surface area contributed by atoms with Crippen molar-refractivity contribution < 1.29 is 33.6 Å². The summed E-state index contributed by atoms with van der Waals surface area (Å²) in [6.45, 7) is 8.10. The second-order valence-electron chi connectivity index (χ2n) is 9.03. The molecule has 0 aliphatic carbocycles. The lowest BCUT2D eigenvalue weighted by molar-refractivity contribution is -0.140. The summed E-state index contributed by atoms with van der Waals surface area (Å²) in [5.41, 5.74) is 0.965. The molecule has 2 fully saturated rings. The third kappa shape index (κ3) is 5.84. The van der Waals surface area contributed by atoms with Crippen LogP contribution >= 0.6 is 0 Å². The van der Waals surface area contributed by atoms with Crippen molar-refractivity contribution in [2.75, 3.05) is 60.2 Å². The van der Waals surface area contributed by atoms with Gasteiger partial charge in [-0.2, -0.15) is 0 Å². The van der Waals surface area contributed by atoms with Crippen LogP contribution in [0.15, 0.2) is 60.7 Å². The Labute approximate surface area is 222 Å². The topological polar surface area (TPSA) is 97.8 Å². The Hall–Kier alpha value is -3.82. The molecule has 4 rings (SSSR count). The van der Waals surface area contributed by atoms with Crippen LogP contribution in [-0.4, -0.2) is 86.8 Å². The highest BCUT2D eigenvalue weighted by Crippen LogP contribution is 2.44. The first-order chi connectivity index (χ1) is 18.5. The minimum Gasteiger partial charge on any atom is -0.507 e. The molecule has 9 nitrogen and oxygen atoms in total. The van der Waals surface area contributed by atoms with E-state index in [0.717, 1.165) is 19.6 Å². The van der Waals surface area contributed by atoms with Crippen molar-refractivity contribution in [3.8, 4) is 17.2 Å². The number of benzene rings is 2. The highest BCUT2D eigenvalue weighted by Gasteiger charge is 2.47. The van der Waals surface area contributed by atoms with Gasteiger partial charge in [0.1, 0.15) is 29.6 Å². The van der Waals surface area contributed by atoms with E-state index in [1.165, 1.54) is 12.0 Å². The number of rotatable bonds is 11. The number of amides is 1. The van der Waals surface area contributed by atoms with E-state index in [4.69, 9.17) is 18.9 Å². The summed E-state index contributed by atoms with van der Waals surface area (Å²) >= 11 is 0. The fourth-order valence-electron chi connectivity index (χ4n) is 4.80. The predicted molar refractivity (Wildman–Crippen MR) is 143 cm³/mol. The van der Waals surface area contributed by atoms with E-state index in [1.54, 1.807) is 55.7 Å². The summed E-state index contributed by atoms with van der Waals surface area (Å²) in [4.78, 5) is 30.5. The van der Waals surface area contributed by atoms with Crippen molar-refractivity contribution in [3.63, 3.8) is 0 Å². The van der Waals surface area contributed by atoms with Crippen LogP contribution in [0.4, 0.5) is 0 Å². The van der Waals surface area contributed by atoms with Crippen LogP contribution in [0, 0.1) is 0 Å². The molecule has 38 heavy (non-hydrogen) atoms. The van der Waals surface area contributed by atoms with E-state index in [1.807, 2.05) is 0 Å². The summed E-state index contributed by atoms with van der Waals surface area (Å²) in [5, 5.41) is 11.4. The van der Waals surface area contributed by atoms with Crippen LogP contribution in [0.25, 0.3) is 5.76 Å². The molecule has 0 bridgehead atoms. The molecule has 1 N–H and O–H groups in total. The number of aliphatic hydroxyl groups is 1. The van der Waals surface area contributed by atoms with Gasteiger partial charge in [-0.05, 0) is 48.9 Å². The molecular formula is C29H34N2O7. The van der Waals surface area contributed by atoms with Crippen molar-refractivity contribution in [1.82, 2.24) is 9.80 Å². The third-order valence-corrected chi connectivity index (χ3v) is 6.74. The van der Waals surface area contributed by atoms with E-state index in [0.29, 0.717) is 61.2 Å². The van der Waals surface area contributed by atoms with Crippen molar-refractivity contribution in [2.24, 2.45) is 0 Å². The van der Waals surface area contributed by atoms with E-state index >= 15 is 0 Å². The number of morpholine rings is 1. The largest absolute Gasteiger partial charge is 0.507 e. The Morgan fingerprint density at radius 1 is 1.05 bits per heavy atom. The molecule has 2 aromatic rings. The summed E-state index contributed by atoms with van der Waals surface area (Å²) < 4.78 is 22.0. The van der Waals surface area contributed by atoms with E-state index in [9.17, 15) is 14.7 Å². The van der Waals surface area contributed by atoms with E-state index < -0.39 is 17.7 Å². The van der Waals surface area contributed by atoms with Gasteiger partial charge in [0.25, 0.3) is 11.7 Å². The molecule has 2 saturated heterocycles. The first-order valence-electron chi connectivity index (χ1n) is 12.6. The molecule has 2 heterocycles. The Morgan fingerprint density at radius 2 is 1.76 bits per heavy atom. The zero-order chi connectivity index (χ0) is 27.1. The van der Waals surface area contributed by atoms with Crippen LogP contribution in [0.3, 0.4) is 0 Å². The van der Waals surface area contributed by atoms with Gasteiger partial charge in [-0.25, -0.2) is 0 Å². The fourth-order valence-corrected chi connectivity index (χ4v) is 4.80. The zero-order valence-electron chi connectivity index (χ0n) is 21.9. The van der Waals surface area contributed by atoms with Crippen LogP contribution in [-0.2, 0) is 14.3 Å². The molecule has 2 aliphatic rings. The summed E-state index contributed by atoms with van der Waals surface area (Å²) in [5.74, 6) is -0.0383. The number of hydrogen-bond donors (Lipinski definition) is 1. The Bertz CT molecular complexity index is 1190. The van der Waals surface area contributed by atoms with Crippen molar-refractivity contribution in [3.05, 3.63) is 71.8 Å². The average Bonchev–Trinajstić information content (AvgIpc) is 3.21. The van der Waals surface area contributed by atoms with E-state index in [2.05, 4.69) is 11.5 Å². The summed E-state index contributed by atoms with van der Waals surface area (Å²) in [7, 11) is 3.07. The maximum absolute atomic E-state index is 13.4. The molecular weight excluding hydrogens is 488 g/mol. The number of likely N-dealkylation sites (tertiary alicyclic amines) is 1. The predicted octanol–water partition coefficient (Wildman–Crippen LogP) is 3.41. The molecule has 0 aromatic heterocycles. The number of carbonyl (C=O) groups is 2. The van der Waals surface area contributed by atoms with Gasteiger partial charge >= 0.3 is 0 Å². The molecule has 0 spiro atoms. The highest BCUT2D eigenvalue weighted by atomic mass is 16.5. The van der Waals surface area contributed by atoms with Gasteiger partial charge in [0, 0.05) is 37.3 Å². The van der Waals surface area contributed by atoms with Crippen LogP contribution in [0.1, 0.15) is 23.6 Å². The van der Waals surface area contributed by atoms with E-state index in [-0.39, 0.29) is 11.3 Å². The first-order valence-corrected chi connectivity index (χ1v) is 12.6. The number of nitrogens with zero attached hydrogens (tertiary/aromatic N) is 2. The molecule has 0 saturated carbocycles. The normalized spacial score (nSPS) is 19.4. The molecule has 0 radical (unpaired) electrons. The van der Waals surface area contributed by atoms with Crippen LogP contribution in [0.2, 0.25) is 0 Å². The number of carbonyl (C=O) groups excluding carboxylic acids is 2. The van der Waals surface area contributed by atoms with Gasteiger partial charge in [-0.15, -0.1) is 0 Å². The summed E-state index contributed by atoms with van der Waals surface area (Å²) in [6.07, 6.45) is 2.29. The summed E-state index contributed by atoms with van der Waals surface area (Å²) in [6, 6.07) is 11.1. The Morgan fingerprint density at radius 3 is 2.42 bits per heavy atom. The Kier molecular flexibility index (Phi) is 9.04. The highest BCUT2D eigenvalue weighted by molar-refractivity contribution is 6.46. The lowest BCUT2D eigenvalue weighted by Crippen LogP contribution is -2.39. The second-order valence-corrected chi connectivity index (χ2v) is 9.03. The molecule has 2 aromatic carbocycles. The number of ketones is 1. The number of hydrogen-bond acceptors (Lipinski definition) is 8. The number of aliphatic hydroxyl groups excluding tert-OH is 1. The van der Waals surface area contributed by atoms with Gasteiger partial charge < -0.3 is 29.0 Å². The molecule has 9 heteroatoms. The maximum atomic E-state index is 13.4. The fraction of sp³-hybridized carbons (Fsp3) is 0.379. The lowest BCUT2D eigenvalue weighted by Gasteiger charge is -2.29. The molecule has 2 aliphatic heterocycles. The SMILES string of the molecule is C=CCOc1ccc(/C(O)=C2\C(=O)C(=O)N(CCCN3CCOCC3)C2c2cc(OC)ccc2OC)cc1. The quantitative estimate of drug-likeness (QED) is 0.208. The standard InChI is InChI=1S/C29H34N2O7/c1-4-16-38-21-8-6-20(7-9-21)27(32)25-26(23-19-22(35-2)10-11-24(23)36-3)31(29(34)28(25)33)13-5-12-30-14-17-37-18-15-30/h4,6-11,19,26,32H,1,5,12-18H2,2-3H3/b27-25+. The van der Waals surface area contributed by atoms with Crippen LogP contribution < -0.4 is 14.2 Å². The van der Waals surface area contributed by atoms with Gasteiger partial charge in [0.15, 0.2) is 0 Å². The third-order valence-electron chi connectivity index (χ3n) is 6.74. The second kappa shape index (κ2) is 12.6. The number of ether oxygens (including phenoxy) is 4. The van der Waals surface area contributed by atoms with Gasteiger partial charge in [0.2, 0.25) is 0 Å². The van der Waals surface area contributed by atoms with Gasteiger partial charge in [-0.1, -0.05) is 12.7 Å². The smallest absolute Gasteiger partial charge is 0.295 e. The monoisotopic (exact) mass is 522 g/mol.